The van der Waals surface area contributed by atoms with E-state index in [0.29, 0.717) is 17.8 Å². The topological polar surface area (TPSA) is 52.0 Å². The van der Waals surface area contributed by atoms with Crippen molar-refractivity contribution in [3.8, 4) is 0 Å². The van der Waals surface area contributed by atoms with Gasteiger partial charge in [0.1, 0.15) is 0 Å². The molecule has 0 fully saturated rings. The second-order valence-corrected chi connectivity index (χ2v) is 14.8. The van der Waals surface area contributed by atoms with Gasteiger partial charge in [-0.15, -0.1) is 0 Å². The zero-order chi connectivity index (χ0) is 35.0. The van der Waals surface area contributed by atoms with Crippen molar-refractivity contribution in [2.45, 2.75) is 149 Å². The zero-order valence-corrected chi connectivity index (χ0v) is 31.6. The Bertz CT molecular complexity index is 1410. The molecule has 0 radical (unpaired) electrons. The number of hydrogen-bond donors (Lipinski definition) is 2. The largest absolute Gasteiger partial charge is 0.399 e. The standard InChI is InChI=1S/C47H66N2/c1-6-9-12-13-14-15-16-17-20-45(37-21-25-39(26-22-37)46(18-10-7-2)43-31-29-41(48)33-35(43)4)38-23-27-40(28-24-38)47(19-11-8-3)44-32-30-42(49)34-36(44)5/h21-34,45-47H,6-20,48-49H2,1-5H3. The van der Waals surface area contributed by atoms with Crippen LogP contribution < -0.4 is 11.5 Å². The number of benzene rings is 4. The summed E-state index contributed by atoms with van der Waals surface area (Å²) in [5.74, 6) is 1.21. The quantitative estimate of drug-likeness (QED) is 0.0691. The molecule has 2 atom stereocenters. The average molecular weight is 659 g/mol. The highest BCUT2D eigenvalue weighted by Crippen LogP contribution is 2.38. The first-order chi connectivity index (χ1) is 23.9. The van der Waals surface area contributed by atoms with Crippen LogP contribution in [0.3, 0.4) is 0 Å². The van der Waals surface area contributed by atoms with Gasteiger partial charge >= 0.3 is 0 Å². The van der Waals surface area contributed by atoms with Gasteiger partial charge in [0.25, 0.3) is 0 Å². The molecule has 264 valence electrons. The molecular weight excluding hydrogens is 593 g/mol. The van der Waals surface area contributed by atoms with Gasteiger partial charge in [-0.25, -0.2) is 0 Å². The Labute approximate surface area is 300 Å². The molecule has 2 unspecified atom stereocenters. The van der Waals surface area contributed by atoms with Crippen LogP contribution in [-0.2, 0) is 0 Å². The number of anilines is 2. The number of nitrogen functional groups attached to an aromatic ring is 2. The van der Waals surface area contributed by atoms with E-state index < -0.39 is 0 Å². The molecule has 0 amide bonds. The third kappa shape index (κ3) is 11.2. The lowest BCUT2D eigenvalue weighted by atomic mass is 9.81. The average Bonchev–Trinajstić information content (AvgIpc) is 3.10. The van der Waals surface area contributed by atoms with Crippen molar-refractivity contribution in [1.29, 1.82) is 0 Å². The Kier molecular flexibility index (Phi) is 15.8. The molecule has 2 nitrogen and oxygen atoms in total. The van der Waals surface area contributed by atoms with E-state index in [1.807, 2.05) is 0 Å². The van der Waals surface area contributed by atoms with Gasteiger partial charge in [-0.1, -0.05) is 158 Å². The molecule has 0 bridgehead atoms. The summed E-state index contributed by atoms with van der Waals surface area (Å²) < 4.78 is 0. The van der Waals surface area contributed by atoms with E-state index in [1.165, 1.54) is 128 Å². The minimum atomic E-state index is 0.400. The second kappa shape index (κ2) is 20.2. The van der Waals surface area contributed by atoms with Crippen molar-refractivity contribution in [2.24, 2.45) is 0 Å². The van der Waals surface area contributed by atoms with Crippen LogP contribution in [0.5, 0.6) is 0 Å². The molecular formula is C47H66N2. The first-order valence-corrected chi connectivity index (χ1v) is 19.8. The van der Waals surface area contributed by atoms with Crippen molar-refractivity contribution < 1.29 is 0 Å². The summed E-state index contributed by atoms with van der Waals surface area (Å²) in [5, 5.41) is 0. The molecule has 0 saturated carbocycles. The highest BCUT2D eigenvalue weighted by molar-refractivity contribution is 5.50. The maximum Gasteiger partial charge on any atom is 0.0316 e. The van der Waals surface area contributed by atoms with Crippen molar-refractivity contribution in [2.75, 3.05) is 11.5 Å². The van der Waals surface area contributed by atoms with Gasteiger partial charge in [0, 0.05) is 29.1 Å². The summed E-state index contributed by atoms with van der Waals surface area (Å²) in [4.78, 5) is 0. The minimum Gasteiger partial charge on any atom is -0.399 e. The van der Waals surface area contributed by atoms with Gasteiger partial charge < -0.3 is 11.5 Å². The van der Waals surface area contributed by atoms with E-state index in [0.717, 1.165) is 24.2 Å². The van der Waals surface area contributed by atoms with Crippen LogP contribution in [0.25, 0.3) is 0 Å². The Hall–Kier alpha value is -3.52. The first-order valence-electron chi connectivity index (χ1n) is 19.8. The van der Waals surface area contributed by atoms with Crippen molar-refractivity contribution >= 4 is 11.4 Å². The van der Waals surface area contributed by atoms with Crippen LogP contribution in [0.15, 0.2) is 84.9 Å². The number of unbranched alkanes of at least 4 members (excludes halogenated alkanes) is 9. The maximum atomic E-state index is 6.14. The third-order valence-electron chi connectivity index (χ3n) is 10.9. The monoisotopic (exact) mass is 659 g/mol. The number of nitrogens with two attached hydrogens (primary N) is 2. The lowest BCUT2D eigenvalue weighted by Gasteiger charge is -2.24. The van der Waals surface area contributed by atoms with Crippen LogP contribution in [0, 0.1) is 13.8 Å². The van der Waals surface area contributed by atoms with E-state index in [1.54, 1.807) is 0 Å². The smallest absolute Gasteiger partial charge is 0.0316 e. The predicted octanol–water partition coefficient (Wildman–Crippen LogP) is 13.8. The highest BCUT2D eigenvalue weighted by atomic mass is 14.5. The summed E-state index contributed by atoms with van der Waals surface area (Å²) in [5.41, 5.74) is 25.1. The Balaban J connectivity index is 1.60. The van der Waals surface area contributed by atoms with Gasteiger partial charge in [0.05, 0.1) is 0 Å². The minimum absolute atomic E-state index is 0.400. The van der Waals surface area contributed by atoms with E-state index >= 15 is 0 Å². The summed E-state index contributed by atoms with van der Waals surface area (Å²) in [6, 6.07) is 32.3. The summed E-state index contributed by atoms with van der Waals surface area (Å²) in [6.45, 7) is 11.3. The molecule has 4 N–H and O–H groups in total. The van der Waals surface area contributed by atoms with Gasteiger partial charge in [-0.3, -0.25) is 0 Å². The lowest BCUT2D eigenvalue weighted by Crippen LogP contribution is -2.07. The van der Waals surface area contributed by atoms with E-state index in [-0.39, 0.29) is 0 Å². The summed E-state index contributed by atoms with van der Waals surface area (Å²) in [7, 11) is 0. The molecule has 0 saturated heterocycles. The van der Waals surface area contributed by atoms with Crippen molar-refractivity contribution in [1.82, 2.24) is 0 Å². The fourth-order valence-corrected chi connectivity index (χ4v) is 7.93. The zero-order valence-electron chi connectivity index (χ0n) is 31.6. The first kappa shape index (κ1) is 38.3. The molecule has 4 aromatic carbocycles. The predicted molar refractivity (Wildman–Crippen MR) is 216 cm³/mol. The fourth-order valence-electron chi connectivity index (χ4n) is 7.93. The Morgan fingerprint density at radius 3 is 1.08 bits per heavy atom. The number of hydrogen-bond acceptors (Lipinski definition) is 2. The molecule has 0 aliphatic rings. The molecule has 2 heteroatoms. The van der Waals surface area contributed by atoms with Crippen LogP contribution in [0.1, 0.15) is 179 Å². The molecule has 4 rings (SSSR count). The van der Waals surface area contributed by atoms with Crippen LogP contribution in [0.4, 0.5) is 11.4 Å². The molecule has 49 heavy (non-hydrogen) atoms. The highest BCUT2D eigenvalue weighted by Gasteiger charge is 2.21. The van der Waals surface area contributed by atoms with Crippen molar-refractivity contribution in [3.05, 3.63) is 129 Å². The van der Waals surface area contributed by atoms with E-state index in [2.05, 4.69) is 120 Å². The number of aryl methyl sites for hydroxylation is 2. The van der Waals surface area contributed by atoms with Gasteiger partial charge in [0.15, 0.2) is 0 Å². The molecule has 0 spiro atoms. The normalized spacial score (nSPS) is 13.3. The molecule has 0 heterocycles. The Morgan fingerprint density at radius 1 is 0.388 bits per heavy atom. The lowest BCUT2D eigenvalue weighted by molar-refractivity contribution is 0.551. The third-order valence-corrected chi connectivity index (χ3v) is 10.9. The summed E-state index contributed by atoms with van der Waals surface area (Å²) >= 11 is 0. The van der Waals surface area contributed by atoms with Gasteiger partial charge in [0.2, 0.25) is 0 Å². The van der Waals surface area contributed by atoms with Gasteiger partial charge in [-0.2, -0.15) is 0 Å². The SMILES string of the molecule is CCCCCCCCCCC(c1ccc(C(CCCC)c2ccc(N)cc2C)cc1)c1ccc(C(CCCC)c2ccc(N)cc2C)cc1. The van der Waals surface area contributed by atoms with Gasteiger partial charge in [-0.05, 0) is 102 Å². The Morgan fingerprint density at radius 2 is 0.714 bits per heavy atom. The molecule has 4 aromatic rings. The van der Waals surface area contributed by atoms with Crippen LogP contribution in [0.2, 0.25) is 0 Å². The summed E-state index contributed by atoms with van der Waals surface area (Å²) in [6.07, 6.45) is 19.2. The fraction of sp³-hybridized carbons (Fsp3) is 0.489. The van der Waals surface area contributed by atoms with Crippen LogP contribution in [-0.4, -0.2) is 0 Å². The number of rotatable bonds is 21. The van der Waals surface area contributed by atoms with E-state index in [9.17, 15) is 0 Å². The maximum absolute atomic E-state index is 6.14. The second-order valence-electron chi connectivity index (χ2n) is 14.8. The molecule has 0 aliphatic carbocycles. The van der Waals surface area contributed by atoms with Crippen molar-refractivity contribution in [3.63, 3.8) is 0 Å². The van der Waals surface area contributed by atoms with E-state index in [4.69, 9.17) is 11.5 Å². The van der Waals surface area contributed by atoms with Crippen LogP contribution >= 0.6 is 0 Å². The molecule has 0 aliphatic heterocycles. The molecule has 0 aromatic heterocycles.